The summed E-state index contributed by atoms with van der Waals surface area (Å²) in [7, 11) is 0. The zero-order chi connectivity index (χ0) is 10.8. The second-order valence-electron chi connectivity index (χ2n) is 4.95. The highest BCUT2D eigenvalue weighted by Gasteiger charge is 2.37. The summed E-state index contributed by atoms with van der Waals surface area (Å²) in [4.78, 5) is 23.5. The summed E-state index contributed by atoms with van der Waals surface area (Å²) < 4.78 is 0. The van der Waals surface area contributed by atoms with E-state index in [4.69, 9.17) is 0 Å². The second kappa shape index (κ2) is 4.44. The summed E-state index contributed by atoms with van der Waals surface area (Å²) in [6.45, 7) is 3.15. The Morgan fingerprint density at radius 3 is 2.47 bits per heavy atom. The summed E-state index contributed by atoms with van der Waals surface area (Å²) in [5.41, 5.74) is 0. The molecule has 0 aromatic rings. The van der Waals surface area contributed by atoms with Crippen LogP contribution in [0, 0.1) is 11.8 Å². The summed E-state index contributed by atoms with van der Waals surface area (Å²) >= 11 is 0. The summed E-state index contributed by atoms with van der Waals surface area (Å²) in [5.74, 6) is 0.635. The van der Waals surface area contributed by atoms with E-state index in [1.807, 2.05) is 0 Å². The molecule has 1 aliphatic carbocycles. The van der Waals surface area contributed by atoms with Crippen LogP contribution in [0.5, 0.6) is 0 Å². The molecule has 2 rings (SSSR count). The highest BCUT2D eigenvalue weighted by molar-refractivity contribution is 6.05. The van der Waals surface area contributed by atoms with Crippen molar-refractivity contribution in [2.75, 3.05) is 6.54 Å². The number of piperidine rings is 1. The van der Waals surface area contributed by atoms with Gasteiger partial charge in [0.05, 0.1) is 5.92 Å². The number of ketones is 2. The fraction of sp³-hybridized carbons (Fsp3) is 0.833. The first-order chi connectivity index (χ1) is 7.18. The lowest BCUT2D eigenvalue weighted by molar-refractivity contribution is -0.137. The minimum absolute atomic E-state index is 0.119. The van der Waals surface area contributed by atoms with Gasteiger partial charge in [0.1, 0.15) is 11.6 Å². The molecule has 84 valence electrons. The maximum atomic E-state index is 11.7. The molecular weight excluding hydrogens is 190 g/mol. The van der Waals surface area contributed by atoms with E-state index in [0.717, 1.165) is 25.8 Å². The fourth-order valence-corrected chi connectivity index (χ4v) is 2.78. The molecule has 0 aromatic heterocycles. The maximum Gasteiger partial charge on any atom is 0.144 e. The normalized spacial score (nSPS) is 34.5. The number of hydrogen-bond donors (Lipinski definition) is 1. The third-order valence-electron chi connectivity index (χ3n) is 3.64. The van der Waals surface area contributed by atoms with E-state index in [9.17, 15) is 9.59 Å². The zero-order valence-corrected chi connectivity index (χ0v) is 9.29. The lowest BCUT2D eigenvalue weighted by Gasteiger charge is -2.34. The van der Waals surface area contributed by atoms with Crippen LogP contribution in [-0.2, 0) is 9.59 Å². The molecule has 0 radical (unpaired) electrons. The lowest BCUT2D eigenvalue weighted by Crippen LogP contribution is -2.49. The number of Topliss-reactive ketones (excluding diaryl/α,β-unsaturated/α-hetero) is 2. The molecule has 1 saturated carbocycles. The molecule has 0 bridgehead atoms. The second-order valence-corrected chi connectivity index (χ2v) is 4.95. The average Bonchev–Trinajstić information content (AvgIpc) is 2.17. The Morgan fingerprint density at radius 1 is 1.20 bits per heavy atom. The maximum absolute atomic E-state index is 11.7. The predicted octanol–water partition coefficient (Wildman–Crippen LogP) is 1.31. The van der Waals surface area contributed by atoms with Crippen molar-refractivity contribution in [3.05, 3.63) is 0 Å². The fourth-order valence-electron chi connectivity index (χ4n) is 2.78. The standard InChI is InChI=1S/C12H19NO2/c1-8-5-6-13-9(7-8)12-10(14)3-2-4-11(12)15/h8-9,12-13H,2-7H2,1H3. The Kier molecular flexibility index (Phi) is 3.19. The van der Waals surface area contributed by atoms with Crippen LogP contribution in [0.2, 0.25) is 0 Å². The first-order valence-electron chi connectivity index (χ1n) is 5.97. The third-order valence-corrected chi connectivity index (χ3v) is 3.64. The van der Waals surface area contributed by atoms with E-state index in [1.165, 1.54) is 0 Å². The minimum Gasteiger partial charge on any atom is -0.313 e. The summed E-state index contributed by atoms with van der Waals surface area (Å²) in [6, 6.07) is 0.119. The van der Waals surface area contributed by atoms with E-state index in [2.05, 4.69) is 12.2 Å². The molecule has 0 aromatic carbocycles. The van der Waals surface area contributed by atoms with Crippen molar-refractivity contribution < 1.29 is 9.59 Å². The first kappa shape index (κ1) is 10.8. The zero-order valence-electron chi connectivity index (χ0n) is 9.29. The number of carbonyl (C=O) groups excluding carboxylic acids is 2. The molecule has 3 nitrogen and oxygen atoms in total. The van der Waals surface area contributed by atoms with E-state index < -0.39 is 0 Å². The largest absolute Gasteiger partial charge is 0.313 e. The smallest absolute Gasteiger partial charge is 0.144 e. The van der Waals surface area contributed by atoms with Crippen molar-refractivity contribution >= 4 is 11.6 Å². The van der Waals surface area contributed by atoms with Crippen LogP contribution in [0.25, 0.3) is 0 Å². The van der Waals surface area contributed by atoms with Gasteiger partial charge in [-0.1, -0.05) is 6.92 Å². The Balaban J connectivity index is 2.06. The van der Waals surface area contributed by atoms with Crippen LogP contribution in [0.15, 0.2) is 0 Å². The minimum atomic E-state index is -0.332. The monoisotopic (exact) mass is 209 g/mol. The van der Waals surface area contributed by atoms with E-state index in [-0.39, 0.29) is 23.5 Å². The Bertz CT molecular complexity index is 259. The van der Waals surface area contributed by atoms with Gasteiger partial charge in [-0.3, -0.25) is 9.59 Å². The first-order valence-corrected chi connectivity index (χ1v) is 5.97. The van der Waals surface area contributed by atoms with Gasteiger partial charge in [-0.2, -0.15) is 0 Å². The molecule has 3 heteroatoms. The Morgan fingerprint density at radius 2 is 1.87 bits per heavy atom. The van der Waals surface area contributed by atoms with Crippen molar-refractivity contribution in [3.8, 4) is 0 Å². The van der Waals surface area contributed by atoms with Crippen molar-refractivity contribution in [1.82, 2.24) is 5.32 Å². The molecule has 0 amide bonds. The van der Waals surface area contributed by atoms with Crippen LogP contribution in [0.3, 0.4) is 0 Å². The molecule has 1 heterocycles. The summed E-state index contributed by atoms with van der Waals surface area (Å²) in [5, 5.41) is 3.34. The van der Waals surface area contributed by atoms with Gasteiger partial charge in [0.2, 0.25) is 0 Å². The molecule has 2 fully saturated rings. The molecule has 15 heavy (non-hydrogen) atoms. The van der Waals surface area contributed by atoms with E-state index in [1.54, 1.807) is 0 Å². The van der Waals surface area contributed by atoms with Crippen LogP contribution >= 0.6 is 0 Å². The molecule has 2 unspecified atom stereocenters. The highest BCUT2D eigenvalue weighted by Crippen LogP contribution is 2.27. The summed E-state index contributed by atoms with van der Waals surface area (Å²) in [6.07, 6.45) is 4.09. The highest BCUT2D eigenvalue weighted by atomic mass is 16.2. The van der Waals surface area contributed by atoms with Crippen molar-refractivity contribution in [1.29, 1.82) is 0 Å². The molecular formula is C12H19NO2. The van der Waals surface area contributed by atoms with Gasteiger partial charge < -0.3 is 5.32 Å². The van der Waals surface area contributed by atoms with Crippen LogP contribution in [-0.4, -0.2) is 24.2 Å². The van der Waals surface area contributed by atoms with Gasteiger partial charge >= 0.3 is 0 Å². The topological polar surface area (TPSA) is 46.2 Å². The van der Waals surface area contributed by atoms with Gasteiger partial charge in [0.15, 0.2) is 0 Å². The van der Waals surface area contributed by atoms with E-state index in [0.29, 0.717) is 18.8 Å². The molecule has 2 atom stereocenters. The van der Waals surface area contributed by atoms with Crippen LogP contribution in [0.4, 0.5) is 0 Å². The van der Waals surface area contributed by atoms with Crippen LogP contribution < -0.4 is 5.32 Å². The Labute approximate surface area is 90.6 Å². The van der Waals surface area contributed by atoms with Crippen molar-refractivity contribution in [2.45, 2.75) is 45.1 Å². The average molecular weight is 209 g/mol. The third kappa shape index (κ3) is 2.28. The van der Waals surface area contributed by atoms with Gasteiger partial charge in [-0.15, -0.1) is 0 Å². The van der Waals surface area contributed by atoms with Gasteiger partial charge in [-0.05, 0) is 31.7 Å². The molecule has 2 aliphatic rings. The van der Waals surface area contributed by atoms with Crippen molar-refractivity contribution in [3.63, 3.8) is 0 Å². The molecule has 1 N–H and O–H groups in total. The van der Waals surface area contributed by atoms with Gasteiger partial charge in [0.25, 0.3) is 0 Å². The van der Waals surface area contributed by atoms with Gasteiger partial charge in [-0.25, -0.2) is 0 Å². The predicted molar refractivity (Wildman–Crippen MR) is 57.5 cm³/mol. The Hall–Kier alpha value is -0.700. The van der Waals surface area contributed by atoms with Gasteiger partial charge in [0, 0.05) is 18.9 Å². The quantitative estimate of drug-likeness (QED) is 0.662. The SMILES string of the molecule is CC1CCNC(C2C(=O)CCCC2=O)C1. The van der Waals surface area contributed by atoms with Crippen molar-refractivity contribution in [2.24, 2.45) is 11.8 Å². The molecule has 0 spiro atoms. The number of nitrogens with one attached hydrogen (secondary N) is 1. The number of rotatable bonds is 1. The van der Waals surface area contributed by atoms with E-state index >= 15 is 0 Å². The number of carbonyl (C=O) groups is 2. The lowest BCUT2D eigenvalue weighted by atomic mass is 9.77. The molecule has 1 aliphatic heterocycles. The number of hydrogen-bond acceptors (Lipinski definition) is 3. The van der Waals surface area contributed by atoms with Crippen LogP contribution in [0.1, 0.15) is 39.0 Å². The molecule has 1 saturated heterocycles.